The lowest BCUT2D eigenvalue weighted by molar-refractivity contribution is 0.134. The van der Waals surface area contributed by atoms with Crippen molar-refractivity contribution >= 4 is 6.03 Å². The van der Waals surface area contributed by atoms with Crippen LogP contribution in [0.2, 0.25) is 0 Å². The normalized spacial score (nSPS) is 15.4. The second-order valence-electron chi connectivity index (χ2n) is 6.58. The summed E-state index contributed by atoms with van der Waals surface area (Å²) < 4.78 is 21.3. The van der Waals surface area contributed by atoms with Crippen LogP contribution in [0, 0.1) is 12.7 Å². The van der Waals surface area contributed by atoms with Gasteiger partial charge < -0.3 is 19.3 Å². The Labute approximate surface area is 155 Å². The number of nitrogens with zero attached hydrogens (tertiary/aromatic N) is 5. The van der Waals surface area contributed by atoms with Gasteiger partial charge in [-0.05, 0) is 13.0 Å². The highest BCUT2D eigenvalue weighted by Gasteiger charge is 2.37. The van der Waals surface area contributed by atoms with Crippen LogP contribution in [-0.2, 0) is 7.05 Å². The molecule has 1 aromatic carbocycles. The Kier molecular flexibility index (Phi) is 4.35. The first kappa shape index (κ1) is 17.2. The Morgan fingerprint density at radius 2 is 2.15 bits per heavy atom. The van der Waals surface area contributed by atoms with E-state index < -0.39 is 11.9 Å². The van der Waals surface area contributed by atoms with Crippen molar-refractivity contribution in [3.63, 3.8) is 0 Å². The number of hydrogen-bond donors (Lipinski definition) is 1. The number of urea groups is 1. The van der Waals surface area contributed by atoms with Crippen molar-refractivity contribution in [3.05, 3.63) is 65.6 Å². The van der Waals surface area contributed by atoms with Crippen molar-refractivity contribution in [2.45, 2.75) is 18.9 Å². The number of aromatic nitrogens is 4. The first-order chi connectivity index (χ1) is 13.0. The number of rotatable bonds is 4. The van der Waals surface area contributed by atoms with Crippen LogP contribution in [0.3, 0.4) is 0 Å². The SMILES string of the molecule is Cc1noc(C2CN(C(=O)NC(c3ccccc3F)c3nccn3C)C2)n1. The molecule has 9 heteroatoms. The lowest BCUT2D eigenvalue weighted by Gasteiger charge is -2.37. The minimum atomic E-state index is -0.691. The minimum absolute atomic E-state index is 0.0250. The third-order valence-electron chi connectivity index (χ3n) is 4.66. The highest BCUT2D eigenvalue weighted by molar-refractivity contribution is 5.76. The smallest absolute Gasteiger partial charge is 0.318 e. The van der Waals surface area contributed by atoms with E-state index in [-0.39, 0.29) is 11.9 Å². The van der Waals surface area contributed by atoms with E-state index in [2.05, 4.69) is 20.4 Å². The molecule has 1 atom stereocenters. The Morgan fingerprint density at radius 1 is 1.37 bits per heavy atom. The number of nitrogens with one attached hydrogen (secondary N) is 1. The molecule has 1 fully saturated rings. The van der Waals surface area contributed by atoms with E-state index in [1.165, 1.54) is 6.07 Å². The van der Waals surface area contributed by atoms with Gasteiger partial charge in [-0.25, -0.2) is 14.2 Å². The molecule has 3 aromatic rings. The average molecular weight is 370 g/mol. The maximum absolute atomic E-state index is 14.4. The molecule has 1 N–H and O–H groups in total. The maximum Gasteiger partial charge on any atom is 0.318 e. The number of likely N-dealkylation sites (tertiary alicyclic amines) is 1. The molecule has 27 heavy (non-hydrogen) atoms. The molecule has 0 bridgehead atoms. The van der Waals surface area contributed by atoms with Crippen molar-refractivity contribution in [1.29, 1.82) is 0 Å². The van der Waals surface area contributed by atoms with Gasteiger partial charge in [-0.15, -0.1) is 0 Å². The van der Waals surface area contributed by atoms with Crippen LogP contribution in [0.1, 0.15) is 35.1 Å². The van der Waals surface area contributed by atoms with Gasteiger partial charge in [0, 0.05) is 38.1 Å². The van der Waals surface area contributed by atoms with Gasteiger partial charge in [0.1, 0.15) is 17.7 Å². The van der Waals surface area contributed by atoms with Crippen LogP contribution >= 0.6 is 0 Å². The third-order valence-corrected chi connectivity index (χ3v) is 4.66. The molecule has 3 heterocycles. The number of hydrogen-bond acceptors (Lipinski definition) is 5. The summed E-state index contributed by atoms with van der Waals surface area (Å²) in [6, 6.07) is 5.38. The minimum Gasteiger partial charge on any atom is -0.339 e. The van der Waals surface area contributed by atoms with Crippen LogP contribution in [0.4, 0.5) is 9.18 Å². The lowest BCUT2D eigenvalue weighted by atomic mass is 10.0. The van der Waals surface area contributed by atoms with E-state index in [0.717, 1.165) is 0 Å². The van der Waals surface area contributed by atoms with Crippen molar-refractivity contribution in [2.24, 2.45) is 7.05 Å². The fraction of sp³-hybridized carbons (Fsp3) is 0.333. The monoisotopic (exact) mass is 370 g/mol. The van der Waals surface area contributed by atoms with Gasteiger partial charge in [-0.3, -0.25) is 0 Å². The summed E-state index contributed by atoms with van der Waals surface area (Å²) in [7, 11) is 1.81. The topological polar surface area (TPSA) is 89.1 Å². The molecule has 0 spiro atoms. The van der Waals surface area contributed by atoms with Crippen LogP contribution in [0.15, 0.2) is 41.2 Å². The van der Waals surface area contributed by atoms with Gasteiger partial charge in [0.15, 0.2) is 5.82 Å². The molecule has 0 saturated carbocycles. The summed E-state index contributed by atoms with van der Waals surface area (Å²) in [6.07, 6.45) is 3.37. The fourth-order valence-corrected chi connectivity index (χ4v) is 3.14. The number of carbonyl (C=O) groups is 1. The van der Waals surface area contributed by atoms with E-state index in [1.54, 1.807) is 54.0 Å². The molecule has 140 valence electrons. The van der Waals surface area contributed by atoms with Crippen LogP contribution in [0.25, 0.3) is 0 Å². The highest BCUT2D eigenvalue weighted by Crippen LogP contribution is 2.28. The summed E-state index contributed by atoms with van der Waals surface area (Å²) in [5.74, 6) is 1.29. The Morgan fingerprint density at radius 3 is 2.78 bits per heavy atom. The van der Waals surface area contributed by atoms with Gasteiger partial charge in [0.2, 0.25) is 5.89 Å². The number of carbonyl (C=O) groups excluding carboxylic acids is 1. The first-order valence-corrected chi connectivity index (χ1v) is 8.60. The largest absolute Gasteiger partial charge is 0.339 e. The van der Waals surface area contributed by atoms with Crippen LogP contribution in [-0.4, -0.2) is 43.7 Å². The number of imidazole rings is 1. The van der Waals surface area contributed by atoms with E-state index in [4.69, 9.17) is 4.52 Å². The third kappa shape index (κ3) is 3.27. The summed E-state index contributed by atoms with van der Waals surface area (Å²) in [4.78, 5) is 22.8. The predicted molar refractivity (Wildman–Crippen MR) is 93.3 cm³/mol. The second kappa shape index (κ2) is 6.82. The van der Waals surface area contributed by atoms with Crippen LogP contribution < -0.4 is 5.32 Å². The molecule has 8 nitrogen and oxygen atoms in total. The van der Waals surface area contributed by atoms with Crippen molar-refractivity contribution in [1.82, 2.24) is 29.9 Å². The van der Waals surface area contributed by atoms with Crippen molar-refractivity contribution in [2.75, 3.05) is 13.1 Å². The zero-order chi connectivity index (χ0) is 19.0. The maximum atomic E-state index is 14.4. The summed E-state index contributed by atoms with van der Waals surface area (Å²) in [6.45, 7) is 2.69. The molecule has 1 unspecified atom stereocenters. The Bertz CT molecular complexity index is 962. The Balaban J connectivity index is 1.50. The van der Waals surface area contributed by atoms with Crippen molar-refractivity contribution in [3.8, 4) is 0 Å². The number of amides is 2. The first-order valence-electron chi connectivity index (χ1n) is 8.60. The zero-order valence-corrected chi connectivity index (χ0v) is 15.0. The number of aryl methyl sites for hydroxylation is 2. The van der Waals surface area contributed by atoms with E-state index in [0.29, 0.717) is 36.2 Å². The van der Waals surface area contributed by atoms with Gasteiger partial charge in [0.25, 0.3) is 0 Å². The zero-order valence-electron chi connectivity index (χ0n) is 15.0. The molecular formula is C18H19FN6O2. The number of benzene rings is 1. The summed E-state index contributed by atoms with van der Waals surface area (Å²) in [5, 5.41) is 6.67. The van der Waals surface area contributed by atoms with E-state index in [1.807, 2.05) is 0 Å². The molecule has 1 aliphatic rings. The highest BCUT2D eigenvalue weighted by atomic mass is 19.1. The average Bonchev–Trinajstić information content (AvgIpc) is 3.21. The second-order valence-corrected chi connectivity index (χ2v) is 6.58. The van der Waals surface area contributed by atoms with Gasteiger partial charge in [0.05, 0.1) is 5.92 Å². The quantitative estimate of drug-likeness (QED) is 0.760. The molecule has 1 saturated heterocycles. The number of halogens is 1. The van der Waals surface area contributed by atoms with Crippen LogP contribution in [0.5, 0.6) is 0 Å². The molecule has 0 radical (unpaired) electrons. The summed E-state index contributed by atoms with van der Waals surface area (Å²) in [5.41, 5.74) is 0.366. The molecular weight excluding hydrogens is 351 g/mol. The molecule has 1 aliphatic heterocycles. The summed E-state index contributed by atoms with van der Waals surface area (Å²) >= 11 is 0. The fourth-order valence-electron chi connectivity index (χ4n) is 3.14. The molecule has 0 aliphatic carbocycles. The molecule has 2 amide bonds. The predicted octanol–water partition coefficient (Wildman–Crippen LogP) is 2.15. The van der Waals surface area contributed by atoms with E-state index >= 15 is 0 Å². The lowest BCUT2D eigenvalue weighted by Crippen LogP contribution is -2.53. The standard InChI is InChI=1S/C18H19FN6O2/c1-11-21-17(27-23-11)12-9-25(10-12)18(26)22-15(16-20-7-8-24(16)2)13-5-3-4-6-14(13)19/h3-8,12,15H,9-10H2,1-2H3,(H,22,26). The van der Waals surface area contributed by atoms with E-state index in [9.17, 15) is 9.18 Å². The van der Waals surface area contributed by atoms with Gasteiger partial charge in [-0.2, -0.15) is 4.98 Å². The van der Waals surface area contributed by atoms with Gasteiger partial charge >= 0.3 is 6.03 Å². The van der Waals surface area contributed by atoms with Crippen molar-refractivity contribution < 1.29 is 13.7 Å². The molecule has 2 aromatic heterocycles. The van der Waals surface area contributed by atoms with Gasteiger partial charge in [-0.1, -0.05) is 23.4 Å². The Hall–Kier alpha value is -3.23. The molecule has 4 rings (SSSR count).